The molecule has 16 heavy (non-hydrogen) atoms. The van der Waals surface area contributed by atoms with E-state index in [-0.39, 0.29) is 6.42 Å². The summed E-state index contributed by atoms with van der Waals surface area (Å²) >= 11 is 0. The summed E-state index contributed by atoms with van der Waals surface area (Å²) in [4.78, 5) is 0. The van der Waals surface area contributed by atoms with Crippen molar-refractivity contribution < 1.29 is 17.9 Å². The van der Waals surface area contributed by atoms with Crippen LogP contribution in [0.4, 0.5) is 13.2 Å². The first-order chi connectivity index (χ1) is 7.53. The lowest BCUT2D eigenvalue weighted by molar-refractivity contribution is -0.185. The minimum absolute atomic E-state index is 0.0971. The van der Waals surface area contributed by atoms with Gasteiger partial charge in [0.05, 0.1) is 18.6 Å². The Kier molecular flexibility index (Phi) is 4.32. The van der Waals surface area contributed by atoms with E-state index in [0.717, 1.165) is 0 Å². The third kappa shape index (κ3) is 4.32. The van der Waals surface area contributed by atoms with Gasteiger partial charge in [-0.2, -0.15) is 18.4 Å². The standard InChI is InChI=1S/C11H10F3NO/c12-11(13,14)8-16-10(6-7-15)9-4-2-1-3-5-9/h1-5,10H,6,8H2. The van der Waals surface area contributed by atoms with Crippen LogP contribution in [0.15, 0.2) is 30.3 Å². The van der Waals surface area contributed by atoms with Crippen LogP contribution >= 0.6 is 0 Å². The topological polar surface area (TPSA) is 33.0 Å². The molecule has 0 aliphatic heterocycles. The van der Waals surface area contributed by atoms with Crippen molar-refractivity contribution in [3.63, 3.8) is 0 Å². The zero-order valence-corrected chi connectivity index (χ0v) is 8.37. The fourth-order valence-electron chi connectivity index (χ4n) is 1.22. The van der Waals surface area contributed by atoms with E-state index in [4.69, 9.17) is 5.26 Å². The molecule has 0 amide bonds. The van der Waals surface area contributed by atoms with Gasteiger partial charge in [-0.25, -0.2) is 0 Å². The van der Waals surface area contributed by atoms with Crippen molar-refractivity contribution in [2.45, 2.75) is 18.7 Å². The molecule has 5 heteroatoms. The average molecular weight is 229 g/mol. The van der Waals surface area contributed by atoms with Gasteiger partial charge in [-0.1, -0.05) is 30.3 Å². The van der Waals surface area contributed by atoms with Crippen LogP contribution in [0.3, 0.4) is 0 Å². The number of ether oxygens (including phenoxy) is 1. The maximum atomic E-state index is 12.0. The Hall–Kier alpha value is -1.54. The van der Waals surface area contributed by atoms with E-state index in [1.165, 1.54) is 0 Å². The van der Waals surface area contributed by atoms with Gasteiger partial charge in [0, 0.05) is 0 Å². The third-order valence-electron chi connectivity index (χ3n) is 1.90. The van der Waals surface area contributed by atoms with E-state index in [9.17, 15) is 13.2 Å². The normalized spacial score (nSPS) is 13.1. The first-order valence-corrected chi connectivity index (χ1v) is 4.63. The van der Waals surface area contributed by atoms with Crippen molar-refractivity contribution in [3.05, 3.63) is 35.9 Å². The number of benzene rings is 1. The van der Waals surface area contributed by atoms with Crippen molar-refractivity contribution in [1.29, 1.82) is 5.26 Å². The lowest BCUT2D eigenvalue weighted by Gasteiger charge is -2.16. The van der Waals surface area contributed by atoms with Gasteiger partial charge in [0.15, 0.2) is 0 Å². The number of nitriles is 1. The molecule has 0 aliphatic rings. The molecule has 1 atom stereocenters. The third-order valence-corrected chi connectivity index (χ3v) is 1.90. The lowest BCUT2D eigenvalue weighted by atomic mass is 10.1. The van der Waals surface area contributed by atoms with Crippen LogP contribution in [-0.4, -0.2) is 12.8 Å². The first kappa shape index (κ1) is 12.5. The van der Waals surface area contributed by atoms with Crippen LogP contribution in [0.2, 0.25) is 0 Å². The number of halogens is 3. The van der Waals surface area contributed by atoms with Crippen molar-refractivity contribution in [2.24, 2.45) is 0 Å². The van der Waals surface area contributed by atoms with E-state index < -0.39 is 18.9 Å². The number of alkyl halides is 3. The molecule has 1 aromatic rings. The summed E-state index contributed by atoms with van der Waals surface area (Å²) in [5, 5.41) is 8.52. The fraction of sp³-hybridized carbons (Fsp3) is 0.364. The maximum Gasteiger partial charge on any atom is 0.411 e. The molecule has 0 aromatic heterocycles. The number of nitrogens with zero attached hydrogens (tertiary/aromatic N) is 1. The predicted molar refractivity (Wildman–Crippen MR) is 51.4 cm³/mol. The second-order valence-electron chi connectivity index (χ2n) is 3.19. The smallest absolute Gasteiger partial charge is 0.363 e. The van der Waals surface area contributed by atoms with Crippen molar-refractivity contribution in [1.82, 2.24) is 0 Å². The zero-order chi connectivity index (χ0) is 12.0. The molecule has 86 valence electrons. The Balaban J connectivity index is 2.66. The number of rotatable bonds is 4. The van der Waals surface area contributed by atoms with E-state index in [1.807, 2.05) is 6.07 Å². The highest BCUT2D eigenvalue weighted by molar-refractivity contribution is 5.18. The van der Waals surface area contributed by atoms with Crippen LogP contribution in [0, 0.1) is 11.3 Å². The number of hydrogen-bond acceptors (Lipinski definition) is 2. The molecule has 0 bridgehead atoms. The Morgan fingerprint density at radius 2 is 1.88 bits per heavy atom. The van der Waals surface area contributed by atoms with Gasteiger partial charge in [0.25, 0.3) is 0 Å². The van der Waals surface area contributed by atoms with Crippen LogP contribution in [-0.2, 0) is 4.74 Å². The van der Waals surface area contributed by atoms with Gasteiger partial charge in [0.2, 0.25) is 0 Å². The van der Waals surface area contributed by atoms with Crippen LogP contribution in [0.25, 0.3) is 0 Å². The molecule has 0 spiro atoms. The molecule has 0 heterocycles. The molecular weight excluding hydrogens is 219 g/mol. The quantitative estimate of drug-likeness (QED) is 0.794. The average Bonchev–Trinajstić information content (AvgIpc) is 2.24. The molecule has 1 rings (SSSR count). The highest BCUT2D eigenvalue weighted by Crippen LogP contribution is 2.24. The molecule has 0 fully saturated rings. The second-order valence-corrected chi connectivity index (χ2v) is 3.19. The highest BCUT2D eigenvalue weighted by atomic mass is 19.4. The molecule has 0 saturated heterocycles. The molecular formula is C11H10F3NO. The summed E-state index contributed by atoms with van der Waals surface area (Å²) in [6.07, 6.45) is -5.30. The first-order valence-electron chi connectivity index (χ1n) is 4.63. The molecule has 1 unspecified atom stereocenters. The van der Waals surface area contributed by atoms with Crippen molar-refractivity contribution in [3.8, 4) is 6.07 Å². The Morgan fingerprint density at radius 3 is 2.38 bits per heavy atom. The lowest BCUT2D eigenvalue weighted by Crippen LogP contribution is -2.19. The van der Waals surface area contributed by atoms with Gasteiger partial charge in [-0.3, -0.25) is 0 Å². The van der Waals surface area contributed by atoms with Crippen LogP contribution in [0.5, 0.6) is 0 Å². The minimum atomic E-state index is -4.37. The molecule has 0 aliphatic carbocycles. The molecule has 2 nitrogen and oxygen atoms in total. The molecule has 0 N–H and O–H groups in total. The van der Waals surface area contributed by atoms with Crippen LogP contribution in [0.1, 0.15) is 18.1 Å². The van der Waals surface area contributed by atoms with Crippen molar-refractivity contribution >= 4 is 0 Å². The molecule has 0 radical (unpaired) electrons. The molecule has 1 aromatic carbocycles. The summed E-state index contributed by atoms with van der Waals surface area (Å²) in [7, 11) is 0. The fourth-order valence-corrected chi connectivity index (χ4v) is 1.22. The second kappa shape index (κ2) is 5.52. The Morgan fingerprint density at radius 1 is 1.25 bits per heavy atom. The molecule has 0 saturated carbocycles. The van der Waals surface area contributed by atoms with E-state index >= 15 is 0 Å². The van der Waals surface area contributed by atoms with Gasteiger partial charge in [0.1, 0.15) is 6.61 Å². The minimum Gasteiger partial charge on any atom is -0.363 e. The van der Waals surface area contributed by atoms with Crippen molar-refractivity contribution in [2.75, 3.05) is 6.61 Å². The highest BCUT2D eigenvalue weighted by Gasteiger charge is 2.29. The zero-order valence-electron chi connectivity index (χ0n) is 8.37. The van der Waals surface area contributed by atoms with E-state index in [2.05, 4.69) is 4.74 Å². The van der Waals surface area contributed by atoms with E-state index in [1.54, 1.807) is 30.3 Å². The SMILES string of the molecule is N#CCC(OCC(F)(F)F)c1ccccc1. The Labute approximate surface area is 91.3 Å². The summed E-state index contributed by atoms with van der Waals surface area (Å²) in [6, 6.07) is 10.2. The summed E-state index contributed by atoms with van der Waals surface area (Å²) in [6.45, 7) is -1.34. The van der Waals surface area contributed by atoms with Gasteiger partial charge in [-0.05, 0) is 5.56 Å². The monoisotopic (exact) mass is 229 g/mol. The summed E-state index contributed by atoms with van der Waals surface area (Å²) in [5.41, 5.74) is 0.577. The number of hydrogen-bond donors (Lipinski definition) is 0. The van der Waals surface area contributed by atoms with Gasteiger partial charge >= 0.3 is 6.18 Å². The van der Waals surface area contributed by atoms with Crippen LogP contribution < -0.4 is 0 Å². The van der Waals surface area contributed by atoms with Gasteiger partial charge < -0.3 is 4.74 Å². The largest absolute Gasteiger partial charge is 0.411 e. The maximum absolute atomic E-state index is 12.0. The Bertz CT molecular complexity index is 356. The summed E-state index contributed by atoms with van der Waals surface area (Å²) < 4.78 is 40.6. The van der Waals surface area contributed by atoms with Gasteiger partial charge in [-0.15, -0.1) is 0 Å². The summed E-state index contributed by atoms with van der Waals surface area (Å²) in [5.74, 6) is 0. The predicted octanol–water partition coefficient (Wildman–Crippen LogP) is 3.22. The van der Waals surface area contributed by atoms with E-state index in [0.29, 0.717) is 5.56 Å².